The number of nitrogens with one attached hydrogen (secondary N) is 1. The summed E-state index contributed by atoms with van der Waals surface area (Å²) in [6, 6.07) is 11.9. The Bertz CT molecular complexity index is 898. The van der Waals surface area contributed by atoms with Gasteiger partial charge in [-0.3, -0.25) is 9.59 Å². The fraction of sp³-hybridized carbons (Fsp3) is 0.500. The van der Waals surface area contributed by atoms with Crippen molar-refractivity contribution in [1.29, 1.82) is 0 Å². The lowest BCUT2D eigenvalue weighted by atomic mass is 9.89. The van der Waals surface area contributed by atoms with E-state index >= 15 is 0 Å². The van der Waals surface area contributed by atoms with Gasteiger partial charge < -0.3 is 19.9 Å². The lowest BCUT2D eigenvalue weighted by molar-refractivity contribution is -0.137. The van der Waals surface area contributed by atoms with E-state index in [1.807, 2.05) is 36.1 Å². The Morgan fingerprint density at radius 2 is 1.88 bits per heavy atom. The van der Waals surface area contributed by atoms with Crippen molar-refractivity contribution in [1.82, 2.24) is 15.1 Å². The molecule has 1 N–H and O–H groups in total. The zero-order chi connectivity index (χ0) is 22.3. The first-order valence-corrected chi connectivity index (χ1v) is 11.4. The number of hydrogen-bond donors (Lipinski definition) is 1. The Kier molecular flexibility index (Phi) is 7.32. The molecule has 1 aromatic carbocycles. The fourth-order valence-electron chi connectivity index (χ4n) is 4.47. The topological polar surface area (TPSA) is 87.7 Å². The third-order valence-corrected chi connectivity index (χ3v) is 6.37. The van der Waals surface area contributed by atoms with Crippen LogP contribution in [0.25, 0.3) is 0 Å². The van der Waals surface area contributed by atoms with E-state index in [4.69, 9.17) is 4.74 Å². The van der Waals surface area contributed by atoms with Gasteiger partial charge in [0.05, 0.1) is 5.92 Å². The first-order chi connectivity index (χ1) is 15.6. The van der Waals surface area contributed by atoms with Gasteiger partial charge in [-0.05, 0) is 61.9 Å². The predicted octanol–water partition coefficient (Wildman–Crippen LogP) is 2.68. The number of carbonyl (C=O) groups is 2. The number of piperidine rings is 1. The van der Waals surface area contributed by atoms with E-state index in [1.54, 1.807) is 6.20 Å². The van der Waals surface area contributed by atoms with Gasteiger partial charge in [-0.25, -0.2) is 0 Å². The van der Waals surface area contributed by atoms with E-state index in [1.165, 1.54) is 5.56 Å². The second-order valence-corrected chi connectivity index (χ2v) is 8.42. The molecule has 32 heavy (non-hydrogen) atoms. The maximum Gasteiger partial charge on any atom is 0.248 e. The Balaban J connectivity index is 1.25. The fourth-order valence-corrected chi connectivity index (χ4v) is 4.47. The molecule has 1 atom stereocenters. The quantitative estimate of drug-likeness (QED) is 0.717. The first-order valence-electron chi connectivity index (χ1n) is 11.4. The van der Waals surface area contributed by atoms with E-state index < -0.39 is 0 Å². The van der Waals surface area contributed by atoms with Crippen LogP contribution in [-0.4, -0.2) is 66.3 Å². The molecule has 2 aliphatic rings. The molecule has 3 heterocycles. The SMILES string of the molecule is CCOCC(=O)N1CCC(c2ccc(NC(=O)C3CCN(c4cccnn4)C3)cc2)CC1. The molecular formula is C24H31N5O3. The summed E-state index contributed by atoms with van der Waals surface area (Å²) in [5, 5.41) is 11.1. The van der Waals surface area contributed by atoms with Crippen molar-refractivity contribution in [3.8, 4) is 0 Å². The minimum atomic E-state index is -0.0600. The van der Waals surface area contributed by atoms with Crippen molar-refractivity contribution in [3.63, 3.8) is 0 Å². The van der Waals surface area contributed by atoms with Crippen molar-refractivity contribution in [3.05, 3.63) is 48.2 Å². The summed E-state index contributed by atoms with van der Waals surface area (Å²) in [5.74, 6) is 1.32. The van der Waals surface area contributed by atoms with E-state index in [2.05, 4.69) is 32.5 Å². The Labute approximate surface area is 188 Å². The van der Waals surface area contributed by atoms with Crippen LogP contribution < -0.4 is 10.2 Å². The third-order valence-electron chi connectivity index (χ3n) is 6.37. The number of amides is 2. The molecule has 0 radical (unpaired) electrons. The summed E-state index contributed by atoms with van der Waals surface area (Å²) < 4.78 is 5.24. The van der Waals surface area contributed by atoms with Gasteiger partial charge in [-0.1, -0.05) is 12.1 Å². The molecule has 0 bridgehead atoms. The minimum absolute atomic E-state index is 0.0465. The Hall–Kier alpha value is -3.00. The average Bonchev–Trinajstić information content (AvgIpc) is 3.34. The molecule has 8 heteroatoms. The van der Waals surface area contributed by atoms with Gasteiger partial charge in [0, 0.05) is 44.7 Å². The number of ether oxygens (including phenoxy) is 1. The number of carbonyl (C=O) groups excluding carboxylic acids is 2. The van der Waals surface area contributed by atoms with Crippen LogP contribution in [0.5, 0.6) is 0 Å². The molecule has 2 aliphatic heterocycles. The average molecular weight is 438 g/mol. The summed E-state index contributed by atoms with van der Waals surface area (Å²) in [7, 11) is 0. The molecule has 2 aromatic rings. The number of hydrogen-bond acceptors (Lipinski definition) is 6. The number of nitrogens with zero attached hydrogens (tertiary/aromatic N) is 4. The first kappa shape index (κ1) is 22.2. The normalized spacial score (nSPS) is 19.2. The molecular weight excluding hydrogens is 406 g/mol. The Morgan fingerprint density at radius 1 is 1.09 bits per heavy atom. The third kappa shape index (κ3) is 5.43. The van der Waals surface area contributed by atoms with Crippen LogP contribution in [-0.2, 0) is 14.3 Å². The van der Waals surface area contributed by atoms with Gasteiger partial charge >= 0.3 is 0 Å². The van der Waals surface area contributed by atoms with Gasteiger partial charge in [0.1, 0.15) is 6.61 Å². The molecule has 0 aliphatic carbocycles. The molecule has 8 nitrogen and oxygen atoms in total. The number of anilines is 2. The Morgan fingerprint density at radius 3 is 2.56 bits per heavy atom. The largest absolute Gasteiger partial charge is 0.372 e. The molecule has 0 saturated carbocycles. The minimum Gasteiger partial charge on any atom is -0.372 e. The summed E-state index contributed by atoms with van der Waals surface area (Å²) in [5.41, 5.74) is 2.08. The maximum atomic E-state index is 12.7. The summed E-state index contributed by atoms with van der Waals surface area (Å²) in [6.07, 6.45) is 4.35. The molecule has 1 aromatic heterocycles. The van der Waals surface area contributed by atoms with Gasteiger partial charge in [0.15, 0.2) is 5.82 Å². The predicted molar refractivity (Wildman–Crippen MR) is 122 cm³/mol. The van der Waals surface area contributed by atoms with Crippen molar-refractivity contribution in [2.45, 2.75) is 32.1 Å². The number of likely N-dealkylation sites (tertiary alicyclic amines) is 1. The lowest BCUT2D eigenvalue weighted by Crippen LogP contribution is -2.39. The highest BCUT2D eigenvalue weighted by molar-refractivity contribution is 5.93. The maximum absolute atomic E-state index is 12.7. The number of aromatic nitrogens is 2. The summed E-state index contributed by atoms with van der Waals surface area (Å²) in [4.78, 5) is 28.8. The zero-order valence-corrected chi connectivity index (χ0v) is 18.6. The van der Waals surface area contributed by atoms with Gasteiger partial charge in [0.2, 0.25) is 11.8 Å². The van der Waals surface area contributed by atoms with Crippen molar-refractivity contribution in [2.24, 2.45) is 5.92 Å². The molecule has 2 saturated heterocycles. The van der Waals surface area contributed by atoms with Crippen LogP contribution in [0.2, 0.25) is 0 Å². The zero-order valence-electron chi connectivity index (χ0n) is 18.6. The van der Waals surface area contributed by atoms with Gasteiger partial charge in [-0.2, -0.15) is 5.10 Å². The van der Waals surface area contributed by atoms with Gasteiger partial charge in [-0.15, -0.1) is 5.10 Å². The van der Waals surface area contributed by atoms with Gasteiger partial charge in [0.25, 0.3) is 0 Å². The second kappa shape index (κ2) is 10.5. The highest BCUT2D eigenvalue weighted by atomic mass is 16.5. The number of benzene rings is 1. The van der Waals surface area contributed by atoms with Crippen LogP contribution in [0.4, 0.5) is 11.5 Å². The second-order valence-electron chi connectivity index (χ2n) is 8.42. The highest BCUT2D eigenvalue weighted by Crippen LogP contribution is 2.29. The van der Waals surface area contributed by atoms with E-state index in [0.717, 1.165) is 50.4 Å². The molecule has 1 unspecified atom stereocenters. The molecule has 4 rings (SSSR count). The van der Waals surface area contributed by atoms with Crippen LogP contribution in [0, 0.1) is 5.92 Å². The van der Waals surface area contributed by atoms with E-state index in [0.29, 0.717) is 19.1 Å². The summed E-state index contributed by atoms with van der Waals surface area (Å²) >= 11 is 0. The van der Waals surface area contributed by atoms with Crippen LogP contribution >= 0.6 is 0 Å². The summed E-state index contributed by atoms with van der Waals surface area (Å²) in [6.45, 7) is 5.62. The van der Waals surface area contributed by atoms with Crippen molar-refractivity contribution >= 4 is 23.3 Å². The van der Waals surface area contributed by atoms with Crippen LogP contribution in [0.15, 0.2) is 42.6 Å². The standard InChI is InChI=1S/C24H31N5O3/c1-2-32-17-23(30)28-13-9-19(10-14-28)18-5-7-21(8-6-18)26-24(31)20-11-15-29(16-20)22-4-3-12-25-27-22/h3-8,12,19-20H,2,9-11,13-17H2,1H3,(H,26,31). The van der Waals surface area contributed by atoms with Crippen LogP contribution in [0.3, 0.4) is 0 Å². The molecule has 170 valence electrons. The smallest absolute Gasteiger partial charge is 0.248 e. The monoisotopic (exact) mass is 437 g/mol. The molecule has 2 amide bonds. The van der Waals surface area contributed by atoms with Crippen LogP contribution in [0.1, 0.15) is 37.7 Å². The number of rotatable bonds is 7. The molecule has 0 spiro atoms. The highest BCUT2D eigenvalue weighted by Gasteiger charge is 2.29. The van der Waals surface area contributed by atoms with E-state index in [-0.39, 0.29) is 24.3 Å². The van der Waals surface area contributed by atoms with E-state index in [9.17, 15) is 9.59 Å². The molecule has 2 fully saturated rings. The van der Waals surface area contributed by atoms with Crippen molar-refractivity contribution in [2.75, 3.05) is 49.6 Å². The lowest BCUT2D eigenvalue weighted by Gasteiger charge is -2.32. The van der Waals surface area contributed by atoms with Crippen molar-refractivity contribution < 1.29 is 14.3 Å².